The zero-order valence-corrected chi connectivity index (χ0v) is 16.7. The Morgan fingerprint density at radius 1 is 1.10 bits per heavy atom. The lowest BCUT2D eigenvalue weighted by Gasteiger charge is -2.19. The Morgan fingerprint density at radius 3 is 2.52 bits per heavy atom. The predicted molar refractivity (Wildman–Crippen MR) is 113 cm³/mol. The zero-order chi connectivity index (χ0) is 20.4. The molecule has 0 atom stereocenters. The molecule has 0 radical (unpaired) electrons. The topological polar surface area (TPSA) is 71.5 Å². The van der Waals surface area contributed by atoms with E-state index in [2.05, 4.69) is 10.3 Å². The summed E-state index contributed by atoms with van der Waals surface area (Å²) in [5.74, 6) is -0.451. The standard InChI is InChI=1S/C22H20ClN3O3/c1-29-22(28)14-4-7-16(8-5-14)25-20-17-12-15(23)6-9-19(17)24-13-18(20)21(27)26-10-2-3-11-26/h4-9,12-13H,2-3,10-11H2,1H3,(H,24,25). The van der Waals surface area contributed by atoms with Crippen molar-refractivity contribution >= 4 is 45.8 Å². The first kappa shape index (κ1) is 19.2. The average molecular weight is 410 g/mol. The van der Waals surface area contributed by atoms with E-state index in [1.165, 1.54) is 7.11 Å². The van der Waals surface area contributed by atoms with Crippen LogP contribution >= 0.6 is 11.6 Å². The molecule has 2 heterocycles. The normalized spacial score (nSPS) is 13.5. The average Bonchev–Trinajstić information content (AvgIpc) is 3.28. The monoisotopic (exact) mass is 409 g/mol. The number of carbonyl (C=O) groups is 2. The SMILES string of the molecule is COC(=O)c1ccc(Nc2c(C(=O)N3CCCC3)cnc3ccc(Cl)cc23)cc1. The number of hydrogen-bond donors (Lipinski definition) is 1. The number of ether oxygens (including phenoxy) is 1. The van der Waals surface area contributed by atoms with Gasteiger partial charge in [-0.1, -0.05) is 11.6 Å². The summed E-state index contributed by atoms with van der Waals surface area (Å²) in [7, 11) is 1.34. The smallest absolute Gasteiger partial charge is 0.337 e. The summed E-state index contributed by atoms with van der Waals surface area (Å²) in [5.41, 5.74) is 3.08. The molecule has 0 bridgehead atoms. The minimum atomic E-state index is -0.400. The quantitative estimate of drug-likeness (QED) is 0.635. The van der Waals surface area contributed by atoms with Gasteiger partial charge in [0.25, 0.3) is 5.91 Å². The van der Waals surface area contributed by atoms with Gasteiger partial charge in [0.2, 0.25) is 0 Å². The number of amides is 1. The number of methoxy groups -OCH3 is 1. The molecular weight excluding hydrogens is 390 g/mol. The molecule has 1 aliphatic rings. The molecule has 7 heteroatoms. The number of rotatable bonds is 4. The molecule has 148 valence electrons. The van der Waals surface area contributed by atoms with E-state index < -0.39 is 5.97 Å². The van der Waals surface area contributed by atoms with Crippen LogP contribution in [0.3, 0.4) is 0 Å². The Balaban J connectivity index is 1.77. The third-order valence-electron chi connectivity index (χ3n) is 5.03. The van der Waals surface area contributed by atoms with Gasteiger partial charge < -0.3 is 15.0 Å². The Bertz CT molecular complexity index is 1080. The van der Waals surface area contributed by atoms with Gasteiger partial charge in [0.1, 0.15) is 0 Å². The van der Waals surface area contributed by atoms with Gasteiger partial charge in [-0.2, -0.15) is 0 Å². The van der Waals surface area contributed by atoms with Crippen LogP contribution in [0.4, 0.5) is 11.4 Å². The third-order valence-corrected chi connectivity index (χ3v) is 5.26. The second-order valence-electron chi connectivity index (χ2n) is 6.90. The summed E-state index contributed by atoms with van der Waals surface area (Å²) in [6.45, 7) is 1.50. The number of benzene rings is 2. The van der Waals surface area contributed by atoms with E-state index in [1.54, 1.807) is 42.6 Å². The lowest BCUT2D eigenvalue weighted by molar-refractivity contribution is 0.0600. The lowest BCUT2D eigenvalue weighted by atomic mass is 10.1. The summed E-state index contributed by atoms with van der Waals surface area (Å²) in [6.07, 6.45) is 3.63. The summed E-state index contributed by atoms with van der Waals surface area (Å²) in [6, 6.07) is 12.3. The Morgan fingerprint density at radius 2 is 1.83 bits per heavy atom. The zero-order valence-electron chi connectivity index (χ0n) is 15.9. The highest BCUT2D eigenvalue weighted by atomic mass is 35.5. The van der Waals surface area contributed by atoms with Crippen LogP contribution < -0.4 is 5.32 Å². The second kappa shape index (κ2) is 8.09. The molecule has 1 amide bonds. The van der Waals surface area contributed by atoms with Gasteiger partial charge in [0.05, 0.1) is 29.4 Å². The number of halogens is 1. The molecule has 29 heavy (non-hydrogen) atoms. The van der Waals surface area contributed by atoms with E-state index in [0.717, 1.165) is 42.5 Å². The second-order valence-corrected chi connectivity index (χ2v) is 7.34. The van der Waals surface area contributed by atoms with Crippen molar-refractivity contribution in [2.45, 2.75) is 12.8 Å². The minimum absolute atomic E-state index is 0.0504. The molecule has 1 aliphatic heterocycles. The summed E-state index contributed by atoms with van der Waals surface area (Å²) >= 11 is 6.22. The van der Waals surface area contributed by atoms with Gasteiger partial charge in [-0.15, -0.1) is 0 Å². The van der Waals surface area contributed by atoms with Gasteiger partial charge in [0, 0.05) is 35.4 Å². The van der Waals surface area contributed by atoms with E-state index in [-0.39, 0.29) is 5.91 Å². The van der Waals surface area contributed by atoms with E-state index in [4.69, 9.17) is 16.3 Å². The third kappa shape index (κ3) is 3.89. The molecule has 4 rings (SSSR count). The highest BCUT2D eigenvalue weighted by Crippen LogP contribution is 2.32. The number of esters is 1. The highest BCUT2D eigenvalue weighted by molar-refractivity contribution is 6.31. The summed E-state index contributed by atoms with van der Waals surface area (Å²) < 4.78 is 4.74. The van der Waals surface area contributed by atoms with Crippen molar-refractivity contribution in [2.75, 3.05) is 25.5 Å². The minimum Gasteiger partial charge on any atom is -0.465 e. The number of carbonyl (C=O) groups excluding carboxylic acids is 2. The van der Waals surface area contributed by atoms with Crippen molar-refractivity contribution < 1.29 is 14.3 Å². The molecule has 1 fully saturated rings. The van der Waals surface area contributed by atoms with E-state index in [9.17, 15) is 9.59 Å². The fourth-order valence-corrected chi connectivity index (χ4v) is 3.68. The first-order valence-corrected chi connectivity index (χ1v) is 9.77. The molecule has 1 aromatic heterocycles. The molecule has 1 N–H and O–H groups in total. The van der Waals surface area contributed by atoms with Crippen LogP contribution in [0.15, 0.2) is 48.7 Å². The molecule has 0 unspecified atom stereocenters. The fourth-order valence-electron chi connectivity index (χ4n) is 3.50. The largest absolute Gasteiger partial charge is 0.465 e. The van der Waals surface area contributed by atoms with Crippen LogP contribution in [-0.2, 0) is 4.74 Å². The fraction of sp³-hybridized carbons (Fsp3) is 0.227. The molecule has 0 saturated carbocycles. The number of hydrogen-bond acceptors (Lipinski definition) is 5. The number of nitrogens with zero attached hydrogens (tertiary/aromatic N) is 2. The lowest BCUT2D eigenvalue weighted by Crippen LogP contribution is -2.28. The van der Waals surface area contributed by atoms with Gasteiger partial charge in [-0.05, 0) is 55.3 Å². The van der Waals surface area contributed by atoms with Crippen LogP contribution in [0.1, 0.15) is 33.6 Å². The van der Waals surface area contributed by atoms with Gasteiger partial charge >= 0.3 is 5.97 Å². The predicted octanol–water partition coefficient (Wildman–Crippen LogP) is 4.65. The van der Waals surface area contributed by atoms with Crippen LogP contribution in [0.25, 0.3) is 10.9 Å². The highest BCUT2D eigenvalue weighted by Gasteiger charge is 2.24. The first-order valence-electron chi connectivity index (χ1n) is 9.40. The molecule has 2 aromatic carbocycles. The number of pyridine rings is 1. The molecule has 6 nitrogen and oxygen atoms in total. The van der Waals surface area contributed by atoms with E-state index in [0.29, 0.717) is 21.8 Å². The Labute approximate surface area is 173 Å². The van der Waals surface area contributed by atoms with Crippen LogP contribution in [0.2, 0.25) is 5.02 Å². The van der Waals surface area contributed by atoms with E-state index in [1.807, 2.05) is 11.0 Å². The molecule has 0 spiro atoms. The molecule has 3 aromatic rings. The van der Waals surface area contributed by atoms with Crippen LogP contribution in [-0.4, -0.2) is 42.0 Å². The number of anilines is 2. The maximum atomic E-state index is 13.1. The maximum Gasteiger partial charge on any atom is 0.337 e. The first-order chi connectivity index (χ1) is 14.1. The van der Waals surface area contributed by atoms with Crippen molar-refractivity contribution in [3.8, 4) is 0 Å². The van der Waals surface area contributed by atoms with Crippen molar-refractivity contribution in [1.82, 2.24) is 9.88 Å². The van der Waals surface area contributed by atoms with Gasteiger partial charge in [-0.3, -0.25) is 9.78 Å². The number of likely N-dealkylation sites (tertiary alicyclic amines) is 1. The van der Waals surface area contributed by atoms with Crippen molar-refractivity contribution in [2.24, 2.45) is 0 Å². The van der Waals surface area contributed by atoms with Gasteiger partial charge in [-0.25, -0.2) is 4.79 Å². The molecular formula is C22H20ClN3O3. The number of fused-ring (bicyclic) bond motifs is 1. The molecule has 1 saturated heterocycles. The van der Waals surface area contributed by atoms with Crippen LogP contribution in [0, 0.1) is 0 Å². The maximum absolute atomic E-state index is 13.1. The molecule has 0 aliphatic carbocycles. The van der Waals surface area contributed by atoms with Crippen molar-refractivity contribution in [3.63, 3.8) is 0 Å². The van der Waals surface area contributed by atoms with Crippen molar-refractivity contribution in [1.29, 1.82) is 0 Å². The summed E-state index contributed by atoms with van der Waals surface area (Å²) in [4.78, 5) is 31.1. The Hall–Kier alpha value is -3.12. The summed E-state index contributed by atoms with van der Waals surface area (Å²) in [5, 5.41) is 4.66. The number of aromatic nitrogens is 1. The van der Waals surface area contributed by atoms with Crippen LogP contribution in [0.5, 0.6) is 0 Å². The Kier molecular flexibility index (Phi) is 5.36. The van der Waals surface area contributed by atoms with E-state index >= 15 is 0 Å². The van der Waals surface area contributed by atoms with Crippen molar-refractivity contribution in [3.05, 3.63) is 64.8 Å². The number of nitrogens with one attached hydrogen (secondary N) is 1. The van der Waals surface area contributed by atoms with Gasteiger partial charge in [0.15, 0.2) is 0 Å².